The average Bonchev–Trinajstić information content (AvgIpc) is 2.40. The fourth-order valence-corrected chi connectivity index (χ4v) is 3.41. The first kappa shape index (κ1) is 14.8. The summed E-state index contributed by atoms with van der Waals surface area (Å²) >= 11 is 0. The third-order valence-electron chi connectivity index (χ3n) is 4.38. The van der Waals surface area contributed by atoms with Crippen molar-refractivity contribution >= 4 is 5.91 Å². The van der Waals surface area contributed by atoms with Crippen molar-refractivity contribution < 1.29 is 4.79 Å². The Labute approximate surface area is 117 Å². The summed E-state index contributed by atoms with van der Waals surface area (Å²) in [6.07, 6.45) is 6.31. The van der Waals surface area contributed by atoms with Crippen molar-refractivity contribution in [2.45, 2.75) is 58.0 Å². The summed E-state index contributed by atoms with van der Waals surface area (Å²) in [5.74, 6) is 0.337. The molecule has 4 nitrogen and oxygen atoms in total. The second-order valence-corrected chi connectivity index (χ2v) is 6.21. The molecular formula is C15H29N3O. The van der Waals surface area contributed by atoms with E-state index in [4.69, 9.17) is 0 Å². The van der Waals surface area contributed by atoms with E-state index in [1.807, 2.05) is 0 Å². The molecule has 1 heterocycles. The first-order chi connectivity index (χ1) is 9.18. The fraction of sp³-hybridized carbons (Fsp3) is 0.933. The minimum absolute atomic E-state index is 0.332. The van der Waals surface area contributed by atoms with Gasteiger partial charge in [0, 0.05) is 38.3 Å². The molecule has 1 aliphatic carbocycles. The zero-order valence-corrected chi connectivity index (χ0v) is 12.5. The van der Waals surface area contributed by atoms with E-state index in [9.17, 15) is 4.79 Å². The molecule has 2 aliphatic rings. The molecule has 2 rings (SSSR count). The largest absolute Gasteiger partial charge is 0.336 e. The molecule has 0 aromatic carbocycles. The van der Waals surface area contributed by atoms with Gasteiger partial charge in [0.05, 0.1) is 6.54 Å². The van der Waals surface area contributed by atoms with Crippen molar-refractivity contribution in [1.82, 2.24) is 15.1 Å². The van der Waals surface area contributed by atoms with Crippen LogP contribution in [-0.4, -0.2) is 60.5 Å². The lowest BCUT2D eigenvalue weighted by Crippen LogP contribution is -2.52. The van der Waals surface area contributed by atoms with Crippen LogP contribution in [-0.2, 0) is 4.79 Å². The molecule has 0 atom stereocenters. The topological polar surface area (TPSA) is 35.6 Å². The van der Waals surface area contributed by atoms with Gasteiger partial charge >= 0.3 is 0 Å². The van der Waals surface area contributed by atoms with Gasteiger partial charge in [-0.25, -0.2) is 0 Å². The Balaban J connectivity index is 1.91. The standard InChI is InChI=1S/C15H29N3O/c1-13(2)18(14-6-4-3-5-7-14)15(19)12-17-10-8-16-9-11-17/h13-14,16H,3-12H2,1-2H3. The van der Waals surface area contributed by atoms with Crippen LogP contribution < -0.4 is 5.32 Å². The molecule has 0 bridgehead atoms. The van der Waals surface area contributed by atoms with Gasteiger partial charge in [0.15, 0.2) is 0 Å². The molecule has 0 radical (unpaired) electrons. The Kier molecular flexibility index (Phi) is 5.64. The molecule has 1 amide bonds. The van der Waals surface area contributed by atoms with Gasteiger partial charge in [0.1, 0.15) is 0 Å². The summed E-state index contributed by atoms with van der Waals surface area (Å²) < 4.78 is 0. The summed E-state index contributed by atoms with van der Waals surface area (Å²) in [5.41, 5.74) is 0. The quantitative estimate of drug-likeness (QED) is 0.837. The van der Waals surface area contributed by atoms with Crippen molar-refractivity contribution in [3.8, 4) is 0 Å². The molecule has 1 saturated carbocycles. The van der Waals surface area contributed by atoms with E-state index in [-0.39, 0.29) is 0 Å². The Bertz CT molecular complexity index is 281. The van der Waals surface area contributed by atoms with E-state index in [1.165, 1.54) is 32.1 Å². The van der Waals surface area contributed by atoms with E-state index in [2.05, 4.69) is 29.0 Å². The van der Waals surface area contributed by atoms with Crippen molar-refractivity contribution in [2.24, 2.45) is 0 Å². The third-order valence-corrected chi connectivity index (χ3v) is 4.38. The number of nitrogens with one attached hydrogen (secondary N) is 1. The first-order valence-electron chi connectivity index (χ1n) is 7.92. The van der Waals surface area contributed by atoms with Crippen LogP contribution in [0.4, 0.5) is 0 Å². The van der Waals surface area contributed by atoms with Crippen LogP contribution in [0.25, 0.3) is 0 Å². The first-order valence-corrected chi connectivity index (χ1v) is 7.92. The highest BCUT2D eigenvalue weighted by Gasteiger charge is 2.28. The minimum Gasteiger partial charge on any atom is -0.336 e. The van der Waals surface area contributed by atoms with Crippen LogP contribution in [0.3, 0.4) is 0 Å². The second kappa shape index (κ2) is 7.25. The minimum atomic E-state index is 0.332. The molecule has 4 heteroatoms. The van der Waals surface area contributed by atoms with E-state index < -0.39 is 0 Å². The normalized spacial score (nSPS) is 22.7. The predicted octanol–water partition coefficient (Wildman–Crippen LogP) is 1.46. The van der Waals surface area contributed by atoms with Crippen molar-refractivity contribution in [3.63, 3.8) is 0 Å². The Hall–Kier alpha value is -0.610. The van der Waals surface area contributed by atoms with Crippen molar-refractivity contribution in [2.75, 3.05) is 32.7 Å². The summed E-state index contributed by atoms with van der Waals surface area (Å²) in [6.45, 7) is 8.95. The molecule has 0 aromatic rings. The number of carbonyl (C=O) groups is 1. The van der Waals surface area contributed by atoms with Crippen LogP contribution >= 0.6 is 0 Å². The summed E-state index contributed by atoms with van der Waals surface area (Å²) in [5, 5.41) is 3.34. The SMILES string of the molecule is CC(C)N(C(=O)CN1CCNCC1)C1CCCCC1. The molecule has 19 heavy (non-hydrogen) atoms. The lowest BCUT2D eigenvalue weighted by molar-refractivity contribution is -0.137. The summed E-state index contributed by atoms with van der Waals surface area (Å²) in [6, 6.07) is 0.822. The van der Waals surface area contributed by atoms with Gasteiger partial charge in [-0.1, -0.05) is 19.3 Å². The highest BCUT2D eigenvalue weighted by Crippen LogP contribution is 2.24. The fourth-order valence-electron chi connectivity index (χ4n) is 3.41. The monoisotopic (exact) mass is 267 g/mol. The smallest absolute Gasteiger partial charge is 0.237 e. The van der Waals surface area contributed by atoms with E-state index in [0.29, 0.717) is 24.5 Å². The predicted molar refractivity (Wildman–Crippen MR) is 78.2 cm³/mol. The zero-order valence-electron chi connectivity index (χ0n) is 12.5. The zero-order chi connectivity index (χ0) is 13.7. The Morgan fingerprint density at radius 3 is 2.42 bits per heavy atom. The van der Waals surface area contributed by atoms with Crippen LogP contribution in [0.5, 0.6) is 0 Å². The molecule has 1 aliphatic heterocycles. The van der Waals surface area contributed by atoms with Crippen molar-refractivity contribution in [3.05, 3.63) is 0 Å². The van der Waals surface area contributed by atoms with Gasteiger partial charge in [0.2, 0.25) is 5.91 Å². The maximum atomic E-state index is 12.6. The van der Waals surface area contributed by atoms with E-state index in [0.717, 1.165) is 26.2 Å². The number of hydrogen-bond donors (Lipinski definition) is 1. The van der Waals surface area contributed by atoms with Gasteiger partial charge in [-0.3, -0.25) is 9.69 Å². The molecule has 0 unspecified atom stereocenters. The maximum absolute atomic E-state index is 12.6. The Morgan fingerprint density at radius 1 is 1.21 bits per heavy atom. The average molecular weight is 267 g/mol. The molecule has 1 saturated heterocycles. The number of hydrogen-bond acceptors (Lipinski definition) is 3. The van der Waals surface area contributed by atoms with Gasteiger partial charge in [0.25, 0.3) is 0 Å². The van der Waals surface area contributed by atoms with E-state index >= 15 is 0 Å². The van der Waals surface area contributed by atoms with Crippen LogP contribution in [0.1, 0.15) is 46.0 Å². The van der Waals surface area contributed by atoms with Gasteiger partial charge in [-0.2, -0.15) is 0 Å². The van der Waals surface area contributed by atoms with Gasteiger partial charge in [-0.05, 0) is 26.7 Å². The number of carbonyl (C=O) groups excluding carboxylic acids is 1. The highest BCUT2D eigenvalue weighted by molar-refractivity contribution is 5.79. The molecule has 2 fully saturated rings. The third kappa shape index (κ3) is 4.18. The van der Waals surface area contributed by atoms with Crippen molar-refractivity contribution in [1.29, 1.82) is 0 Å². The summed E-state index contributed by atoms with van der Waals surface area (Å²) in [7, 11) is 0. The second-order valence-electron chi connectivity index (χ2n) is 6.21. The highest BCUT2D eigenvalue weighted by atomic mass is 16.2. The molecule has 1 N–H and O–H groups in total. The summed E-state index contributed by atoms with van der Waals surface area (Å²) in [4.78, 5) is 17.1. The number of piperazine rings is 1. The van der Waals surface area contributed by atoms with Crippen LogP contribution in [0.2, 0.25) is 0 Å². The van der Waals surface area contributed by atoms with Gasteiger partial charge in [-0.15, -0.1) is 0 Å². The van der Waals surface area contributed by atoms with Crippen LogP contribution in [0, 0.1) is 0 Å². The number of amides is 1. The Morgan fingerprint density at radius 2 is 1.84 bits per heavy atom. The lowest BCUT2D eigenvalue weighted by atomic mass is 9.93. The molecule has 0 aromatic heterocycles. The van der Waals surface area contributed by atoms with Gasteiger partial charge < -0.3 is 10.2 Å². The lowest BCUT2D eigenvalue weighted by Gasteiger charge is -2.39. The van der Waals surface area contributed by atoms with E-state index in [1.54, 1.807) is 0 Å². The van der Waals surface area contributed by atoms with Crippen LogP contribution in [0.15, 0.2) is 0 Å². The molecule has 0 spiro atoms. The number of nitrogens with zero attached hydrogens (tertiary/aromatic N) is 2. The maximum Gasteiger partial charge on any atom is 0.237 e. The number of rotatable bonds is 4. The molecule has 110 valence electrons. The molecular weight excluding hydrogens is 238 g/mol.